The van der Waals surface area contributed by atoms with Crippen LogP contribution >= 0.6 is 0 Å². The molecule has 2 aromatic rings. The van der Waals surface area contributed by atoms with E-state index >= 15 is 0 Å². The summed E-state index contributed by atoms with van der Waals surface area (Å²) in [5.41, 5.74) is 2.85. The van der Waals surface area contributed by atoms with Gasteiger partial charge in [-0.25, -0.2) is 4.39 Å². The van der Waals surface area contributed by atoms with E-state index in [1.165, 1.54) is 17.2 Å². The molecule has 0 fully saturated rings. The van der Waals surface area contributed by atoms with Gasteiger partial charge in [-0.05, 0) is 23.6 Å². The van der Waals surface area contributed by atoms with Crippen molar-refractivity contribution in [3.63, 3.8) is 0 Å². The van der Waals surface area contributed by atoms with Crippen LogP contribution in [0.5, 0.6) is 0 Å². The summed E-state index contributed by atoms with van der Waals surface area (Å²) in [5.74, 6) is -0.365. The number of halogens is 1. The SMILES string of the molecule is CCc1ccccc1CNCC(O)c1ccccc1F. The van der Waals surface area contributed by atoms with E-state index in [0.717, 1.165) is 6.42 Å². The molecule has 0 aliphatic heterocycles. The van der Waals surface area contributed by atoms with Gasteiger partial charge in [-0.2, -0.15) is 0 Å². The highest BCUT2D eigenvalue weighted by molar-refractivity contribution is 5.27. The van der Waals surface area contributed by atoms with Crippen LogP contribution in [0, 0.1) is 5.82 Å². The maximum atomic E-state index is 13.5. The van der Waals surface area contributed by atoms with Crippen LogP contribution in [0.1, 0.15) is 29.7 Å². The normalized spacial score (nSPS) is 12.3. The summed E-state index contributed by atoms with van der Waals surface area (Å²) < 4.78 is 13.5. The van der Waals surface area contributed by atoms with Crippen molar-refractivity contribution in [3.05, 3.63) is 71.0 Å². The number of hydrogen-bond acceptors (Lipinski definition) is 2. The van der Waals surface area contributed by atoms with Gasteiger partial charge in [-0.3, -0.25) is 0 Å². The molecule has 0 amide bonds. The van der Waals surface area contributed by atoms with E-state index in [0.29, 0.717) is 18.7 Å². The summed E-state index contributed by atoms with van der Waals surface area (Å²) in [4.78, 5) is 0. The van der Waals surface area contributed by atoms with Gasteiger partial charge in [0, 0.05) is 18.7 Å². The van der Waals surface area contributed by atoms with Gasteiger partial charge in [0.25, 0.3) is 0 Å². The molecule has 3 heteroatoms. The first kappa shape index (κ1) is 14.7. The third-order valence-corrected chi connectivity index (χ3v) is 3.42. The zero-order valence-corrected chi connectivity index (χ0v) is 11.6. The Balaban J connectivity index is 1.91. The van der Waals surface area contributed by atoms with E-state index in [-0.39, 0.29) is 5.82 Å². The summed E-state index contributed by atoms with van der Waals surface area (Å²) >= 11 is 0. The van der Waals surface area contributed by atoms with Crippen molar-refractivity contribution in [1.82, 2.24) is 5.32 Å². The minimum Gasteiger partial charge on any atom is -0.387 e. The highest BCUT2D eigenvalue weighted by Crippen LogP contribution is 2.16. The standard InChI is InChI=1S/C17H20FNO/c1-2-13-7-3-4-8-14(13)11-19-12-17(20)15-9-5-6-10-16(15)18/h3-10,17,19-20H,2,11-12H2,1H3. The van der Waals surface area contributed by atoms with Crippen molar-refractivity contribution in [2.24, 2.45) is 0 Å². The topological polar surface area (TPSA) is 32.3 Å². The Kier molecular flexibility index (Phi) is 5.27. The molecular formula is C17H20FNO. The van der Waals surface area contributed by atoms with Crippen LogP contribution in [0.25, 0.3) is 0 Å². The van der Waals surface area contributed by atoms with Crippen LogP contribution in [0.4, 0.5) is 4.39 Å². The number of hydrogen-bond donors (Lipinski definition) is 2. The fraction of sp³-hybridized carbons (Fsp3) is 0.294. The number of nitrogens with one attached hydrogen (secondary N) is 1. The largest absolute Gasteiger partial charge is 0.387 e. The first-order valence-electron chi connectivity index (χ1n) is 6.92. The summed E-state index contributed by atoms with van der Waals surface area (Å²) in [6.45, 7) is 3.13. The molecule has 2 aromatic carbocycles. The fourth-order valence-electron chi connectivity index (χ4n) is 2.27. The van der Waals surface area contributed by atoms with Gasteiger partial charge in [0.05, 0.1) is 6.10 Å². The fourth-order valence-corrected chi connectivity index (χ4v) is 2.27. The molecule has 1 atom stereocenters. The molecule has 0 heterocycles. The van der Waals surface area contributed by atoms with Crippen LogP contribution in [-0.4, -0.2) is 11.7 Å². The minimum absolute atomic E-state index is 0.332. The Labute approximate surface area is 119 Å². The monoisotopic (exact) mass is 273 g/mol. The van der Waals surface area contributed by atoms with E-state index in [1.54, 1.807) is 18.2 Å². The molecule has 0 saturated heterocycles. The van der Waals surface area contributed by atoms with Gasteiger partial charge >= 0.3 is 0 Å². The number of aliphatic hydroxyl groups excluding tert-OH is 1. The van der Waals surface area contributed by atoms with Crippen LogP contribution in [-0.2, 0) is 13.0 Å². The molecule has 0 aliphatic carbocycles. The molecule has 0 radical (unpaired) electrons. The second-order valence-electron chi connectivity index (χ2n) is 4.79. The number of aliphatic hydroxyl groups is 1. The summed E-state index contributed by atoms with van der Waals surface area (Å²) in [6, 6.07) is 14.5. The molecule has 20 heavy (non-hydrogen) atoms. The highest BCUT2D eigenvalue weighted by Gasteiger charge is 2.11. The van der Waals surface area contributed by atoms with Crippen molar-refractivity contribution in [3.8, 4) is 0 Å². The maximum absolute atomic E-state index is 13.5. The zero-order valence-electron chi connectivity index (χ0n) is 11.6. The molecule has 0 aromatic heterocycles. The first-order valence-corrected chi connectivity index (χ1v) is 6.92. The Morgan fingerprint density at radius 2 is 1.70 bits per heavy atom. The molecular weight excluding hydrogens is 253 g/mol. The van der Waals surface area contributed by atoms with Crippen molar-refractivity contribution >= 4 is 0 Å². The molecule has 2 rings (SSSR count). The summed E-state index contributed by atoms with van der Waals surface area (Å²) in [7, 11) is 0. The van der Waals surface area contributed by atoms with Gasteiger partial charge in [-0.15, -0.1) is 0 Å². The smallest absolute Gasteiger partial charge is 0.129 e. The lowest BCUT2D eigenvalue weighted by molar-refractivity contribution is 0.169. The second-order valence-corrected chi connectivity index (χ2v) is 4.79. The van der Waals surface area contributed by atoms with Gasteiger partial charge in [0.1, 0.15) is 5.82 Å². The lowest BCUT2D eigenvalue weighted by Gasteiger charge is -2.14. The predicted octanol–water partition coefficient (Wildman–Crippen LogP) is 3.21. The molecule has 0 saturated carbocycles. The average Bonchev–Trinajstić information content (AvgIpc) is 2.48. The maximum Gasteiger partial charge on any atom is 0.129 e. The molecule has 2 nitrogen and oxygen atoms in total. The van der Waals surface area contributed by atoms with Crippen LogP contribution in [0.3, 0.4) is 0 Å². The summed E-state index contributed by atoms with van der Waals surface area (Å²) in [5, 5.41) is 13.2. The predicted molar refractivity (Wildman–Crippen MR) is 78.9 cm³/mol. The van der Waals surface area contributed by atoms with E-state index in [1.807, 2.05) is 12.1 Å². The quantitative estimate of drug-likeness (QED) is 0.847. The third-order valence-electron chi connectivity index (χ3n) is 3.42. The van der Waals surface area contributed by atoms with E-state index in [2.05, 4.69) is 24.4 Å². The number of benzene rings is 2. The summed E-state index contributed by atoms with van der Waals surface area (Å²) in [6.07, 6.45) is 0.151. The second kappa shape index (κ2) is 7.17. The molecule has 0 spiro atoms. The van der Waals surface area contributed by atoms with Gasteiger partial charge < -0.3 is 10.4 Å². The number of rotatable bonds is 6. The molecule has 0 aliphatic rings. The Hall–Kier alpha value is -1.71. The molecule has 2 N–H and O–H groups in total. The lowest BCUT2D eigenvalue weighted by atomic mass is 10.0. The van der Waals surface area contributed by atoms with Crippen LogP contribution in [0.15, 0.2) is 48.5 Å². The molecule has 106 valence electrons. The van der Waals surface area contributed by atoms with Gasteiger partial charge in [0.2, 0.25) is 0 Å². The van der Waals surface area contributed by atoms with Crippen molar-refractivity contribution in [2.45, 2.75) is 26.0 Å². The first-order chi connectivity index (χ1) is 9.72. The van der Waals surface area contributed by atoms with Gasteiger partial charge in [0.15, 0.2) is 0 Å². The Morgan fingerprint density at radius 3 is 2.40 bits per heavy atom. The molecule has 1 unspecified atom stereocenters. The lowest BCUT2D eigenvalue weighted by Crippen LogP contribution is -2.22. The Bertz CT molecular complexity index is 556. The zero-order chi connectivity index (χ0) is 14.4. The van der Waals surface area contributed by atoms with Crippen molar-refractivity contribution < 1.29 is 9.50 Å². The average molecular weight is 273 g/mol. The van der Waals surface area contributed by atoms with E-state index < -0.39 is 6.10 Å². The third kappa shape index (κ3) is 3.65. The van der Waals surface area contributed by atoms with Crippen LogP contribution in [0.2, 0.25) is 0 Å². The van der Waals surface area contributed by atoms with Crippen LogP contribution < -0.4 is 5.32 Å². The van der Waals surface area contributed by atoms with Gasteiger partial charge in [-0.1, -0.05) is 49.4 Å². The minimum atomic E-state index is -0.829. The Morgan fingerprint density at radius 1 is 1.05 bits per heavy atom. The van der Waals surface area contributed by atoms with Crippen molar-refractivity contribution in [2.75, 3.05) is 6.54 Å². The van der Waals surface area contributed by atoms with Crippen molar-refractivity contribution in [1.29, 1.82) is 0 Å². The van der Waals surface area contributed by atoms with E-state index in [4.69, 9.17) is 0 Å². The number of aryl methyl sites for hydroxylation is 1. The van der Waals surface area contributed by atoms with E-state index in [9.17, 15) is 9.50 Å². The highest BCUT2D eigenvalue weighted by atomic mass is 19.1. The molecule has 0 bridgehead atoms.